The molecule has 0 heterocycles. The van der Waals surface area contributed by atoms with Gasteiger partial charge in [-0.2, -0.15) is 0 Å². The quantitative estimate of drug-likeness (QED) is 0.604. The number of nitrogens with zero attached hydrogens (tertiary/aromatic N) is 1. The zero-order valence-corrected chi connectivity index (χ0v) is 13.3. The Labute approximate surface area is 122 Å². The molecule has 0 aromatic heterocycles. The highest BCUT2D eigenvalue weighted by Gasteiger charge is 2.51. The van der Waals surface area contributed by atoms with Crippen molar-refractivity contribution in [2.24, 2.45) is 5.92 Å². The molecule has 2 N–H and O–H groups in total. The van der Waals surface area contributed by atoms with Crippen molar-refractivity contribution >= 4 is 5.97 Å². The van der Waals surface area contributed by atoms with Crippen molar-refractivity contribution in [3.05, 3.63) is 0 Å². The molecule has 1 fully saturated rings. The highest BCUT2D eigenvalue weighted by molar-refractivity contribution is 5.80. The summed E-state index contributed by atoms with van der Waals surface area (Å²) >= 11 is 0. The van der Waals surface area contributed by atoms with E-state index in [-0.39, 0.29) is 5.92 Å². The first-order chi connectivity index (χ1) is 9.51. The highest BCUT2D eigenvalue weighted by atomic mass is 16.5. The van der Waals surface area contributed by atoms with Gasteiger partial charge in [0.2, 0.25) is 0 Å². The lowest BCUT2D eigenvalue weighted by Gasteiger charge is -2.38. The van der Waals surface area contributed by atoms with Crippen LogP contribution in [0.4, 0.5) is 0 Å². The van der Waals surface area contributed by atoms with Gasteiger partial charge >= 0.3 is 5.97 Å². The Balaban J connectivity index is 2.85. The summed E-state index contributed by atoms with van der Waals surface area (Å²) in [7, 11) is 1.68. The fraction of sp³-hybridized carbons (Fsp3) is 0.933. The van der Waals surface area contributed by atoms with Crippen LogP contribution in [0, 0.1) is 5.92 Å². The van der Waals surface area contributed by atoms with Crippen molar-refractivity contribution in [1.82, 2.24) is 10.2 Å². The normalized spacial score (nSPS) is 19.9. The number of hydrogen-bond acceptors (Lipinski definition) is 4. The Morgan fingerprint density at radius 1 is 1.50 bits per heavy atom. The van der Waals surface area contributed by atoms with E-state index in [1.807, 2.05) is 6.92 Å². The molecule has 0 aromatic carbocycles. The summed E-state index contributed by atoms with van der Waals surface area (Å²) in [6.07, 6.45) is 3.03. The number of methoxy groups -OCH3 is 1. The van der Waals surface area contributed by atoms with Gasteiger partial charge in [0.1, 0.15) is 5.54 Å². The molecule has 1 aliphatic carbocycles. The van der Waals surface area contributed by atoms with Crippen LogP contribution in [-0.4, -0.2) is 60.9 Å². The molecule has 1 aliphatic rings. The van der Waals surface area contributed by atoms with E-state index in [1.165, 1.54) is 0 Å². The fourth-order valence-electron chi connectivity index (χ4n) is 2.78. The minimum Gasteiger partial charge on any atom is -0.480 e. The van der Waals surface area contributed by atoms with E-state index in [0.29, 0.717) is 25.7 Å². The average molecular weight is 286 g/mol. The molecular formula is C15H30N2O3. The predicted octanol–water partition coefficient (Wildman–Crippen LogP) is 1.58. The maximum Gasteiger partial charge on any atom is 0.325 e. The van der Waals surface area contributed by atoms with Crippen LogP contribution in [0.15, 0.2) is 0 Å². The number of nitrogens with one attached hydrogen (secondary N) is 1. The third-order valence-corrected chi connectivity index (χ3v) is 4.40. The number of carboxylic acids is 1. The zero-order valence-electron chi connectivity index (χ0n) is 13.3. The summed E-state index contributed by atoms with van der Waals surface area (Å²) in [4.78, 5) is 14.1. The summed E-state index contributed by atoms with van der Waals surface area (Å²) < 4.78 is 5.17. The van der Waals surface area contributed by atoms with Crippen LogP contribution in [0.5, 0.6) is 0 Å². The molecule has 1 rings (SSSR count). The lowest BCUT2D eigenvalue weighted by atomic mass is 9.91. The Morgan fingerprint density at radius 2 is 2.15 bits per heavy atom. The zero-order chi connectivity index (χ0) is 15.2. The molecule has 5 nitrogen and oxygen atoms in total. The van der Waals surface area contributed by atoms with Crippen molar-refractivity contribution in [1.29, 1.82) is 0 Å². The Hall–Kier alpha value is -0.650. The number of rotatable bonds is 11. The number of ether oxygens (including phenoxy) is 1. The first-order valence-corrected chi connectivity index (χ1v) is 7.73. The second-order valence-corrected chi connectivity index (χ2v) is 5.80. The molecule has 2 atom stereocenters. The van der Waals surface area contributed by atoms with E-state index < -0.39 is 11.5 Å². The topological polar surface area (TPSA) is 61.8 Å². The average Bonchev–Trinajstić information content (AvgIpc) is 3.25. The van der Waals surface area contributed by atoms with Crippen molar-refractivity contribution in [2.45, 2.75) is 51.6 Å². The van der Waals surface area contributed by atoms with Crippen LogP contribution < -0.4 is 5.32 Å². The number of carboxylic acid groups (broad SMARTS) is 1. The number of carbonyl (C=O) groups is 1. The molecule has 0 aromatic rings. The molecule has 0 bridgehead atoms. The molecule has 0 aliphatic heterocycles. The third-order valence-electron chi connectivity index (χ3n) is 4.40. The van der Waals surface area contributed by atoms with Crippen LogP contribution in [0.1, 0.15) is 40.0 Å². The number of aliphatic carboxylic acids is 1. The maximum atomic E-state index is 11.9. The van der Waals surface area contributed by atoms with Gasteiger partial charge in [-0.05, 0) is 38.6 Å². The van der Waals surface area contributed by atoms with Crippen LogP contribution in [0.3, 0.4) is 0 Å². The van der Waals surface area contributed by atoms with Crippen molar-refractivity contribution in [2.75, 3.05) is 33.4 Å². The van der Waals surface area contributed by atoms with E-state index in [2.05, 4.69) is 24.1 Å². The van der Waals surface area contributed by atoms with Crippen LogP contribution in [-0.2, 0) is 9.53 Å². The molecule has 2 unspecified atom stereocenters. The smallest absolute Gasteiger partial charge is 0.325 e. The van der Waals surface area contributed by atoms with Crippen molar-refractivity contribution < 1.29 is 14.6 Å². The van der Waals surface area contributed by atoms with Crippen LogP contribution >= 0.6 is 0 Å². The molecule has 0 amide bonds. The number of hydrogen-bond donors (Lipinski definition) is 2. The van der Waals surface area contributed by atoms with Gasteiger partial charge in [-0.15, -0.1) is 0 Å². The van der Waals surface area contributed by atoms with Gasteiger partial charge in [0.05, 0.1) is 6.61 Å². The predicted molar refractivity (Wildman–Crippen MR) is 80.0 cm³/mol. The molecule has 118 valence electrons. The summed E-state index contributed by atoms with van der Waals surface area (Å²) in [5, 5.41) is 13.0. The maximum absolute atomic E-state index is 11.9. The van der Waals surface area contributed by atoms with Gasteiger partial charge in [0.15, 0.2) is 0 Å². The monoisotopic (exact) mass is 286 g/mol. The van der Waals surface area contributed by atoms with E-state index >= 15 is 0 Å². The second kappa shape index (κ2) is 7.96. The van der Waals surface area contributed by atoms with Gasteiger partial charge in [0, 0.05) is 26.2 Å². The second-order valence-electron chi connectivity index (χ2n) is 5.80. The van der Waals surface area contributed by atoms with Crippen LogP contribution in [0.25, 0.3) is 0 Å². The molecular weight excluding hydrogens is 256 g/mol. The molecule has 0 saturated heterocycles. The van der Waals surface area contributed by atoms with Gasteiger partial charge < -0.3 is 15.2 Å². The lowest BCUT2D eigenvalue weighted by Crippen LogP contribution is -2.62. The summed E-state index contributed by atoms with van der Waals surface area (Å²) in [6.45, 7) is 8.91. The highest BCUT2D eigenvalue weighted by Crippen LogP contribution is 2.40. The SMILES string of the molecule is CCNC(CN(CCOC)C(C)CC)(C(=O)O)C1CC1. The third kappa shape index (κ3) is 4.17. The largest absolute Gasteiger partial charge is 0.480 e. The lowest BCUT2D eigenvalue weighted by molar-refractivity contribution is -0.147. The summed E-state index contributed by atoms with van der Waals surface area (Å²) in [5.74, 6) is -0.457. The molecule has 0 radical (unpaired) electrons. The number of likely N-dealkylation sites (N-methyl/N-ethyl adjacent to an activating group) is 1. The fourth-order valence-corrected chi connectivity index (χ4v) is 2.78. The van der Waals surface area contributed by atoms with E-state index in [9.17, 15) is 9.90 Å². The summed E-state index contributed by atoms with van der Waals surface area (Å²) in [6, 6.07) is 0.362. The van der Waals surface area contributed by atoms with Crippen molar-refractivity contribution in [3.8, 4) is 0 Å². The first-order valence-electron chi connectivity index (χ1n) is 7.73. The Bertz CT molecular complexity index is 307. The standard InChI is InChI=1S/C15H30N2O3/c1-5-12(3)17(9-10-20-4)11-15(14(18)19,16-6-2)13-7-8-13/h12-13,16H,5-11H2,1-4H3,(H,18,19). The molecule has 0 spiro atoms. The van der Waals surface area contributed by atoms with Gasteiger partial charge in [0.25, 0.3) is 0 Å². The molecule has 1 saturated carbocycles. The Kier molecular flexibility index (Phi) is 6.92. The first kappa shape index (κ1) is 17.4. The summed E-state index contributed by atoms with van der Waals surface area (Å²) in [5.41, 5.74) is -0.800. The molecule has 20 heavy (non-hydrogen) atoms. The van der Waals surface area contributed by atoms with Gasteiger partial charge in [-0.25, -0.2) is 0 Å². The molecule has 5 heteroatoms. The van der Waals surface area contributed by atoms with E-state index in [4.69, 9.17) is 4.74 Å². The van der Waals surface area contributed by atoms with E-state index in [0.717, 1.165) is 25.8 Å². The minimum absolute atomic E-state index is 0.258. The minimum atomic E-state index is -0.800. The van der Waals surface area contributed by atoms with E-state index in [1.54, 1.807) is 7.11 Å². The van der Waals surface area contributed by atoms with Crippen LogP contribution in [0.2, 0.25) is 0 Å². The Morgan fingerprint density at radius 3 is 2.55 bits per heavy atom. The van der Waals surface area contributed by atoms with Gasteiger partial charge in [-0.3, -0.25) is 9.69 Å². The van der Waals surface area contributed by atoms with Gasteiger partial charge in [-0.1, -0.05) is 13.8 Å². The van der Waals surface area contributed by atoms with Crippen molar-refractivity contribution in [3.63, 3.8) is 0 Å².